The molecule has 1 unspecified atom stereocenters. The van der Waals surface area contributed by atoms with Crippen molar-refractivity contribution in [2.45, 2.75) is 26.3 Å². The number of carbonyl (C=O) groups excluding carboxylic acids is 2. The van der Waals surface area contributed by atoms with Crippen molar-refractivity contribution in [2.75, 3.05) is 11.9 Å². The molecule has 0 aliphatic carbocycles. The van der Waals surface area contributed by atoms with E-state index in [0.29, 0.717) is 17.8 Å². The molecule has 2 amide bonds. The van der Waals surface area contributed by atoms with Crippen LogP contribution in [0.4, 0.5) is 11.4 Å². The number of nitro groups is 1. The lowest BCUT2D eigenvalue weighted by Crippen LogP contribution is -2.34. The highest BCUT2D eigenvalue weighted by Crippen LogP contribution is 2.24. The Bertz CT molecular complexity index is 585. The van der Waals surface area contributed by atoms with Gasteiger partial charge in [0.1, 0.15) is 6.04 Å². The number of hydrogen-bond acceptors (Lipinski definition) is 5. The molecule has 20 heavy (non-hydrogen) atoms. The van der Waals surface area contributed by atoms with Gasteiger partial charge in [0, 0.05) is 24.4 Å². The van der Waals surface area contributed by atoms with Gasteiger partial charge in [-0.2, -0.15) is 0 Å². The second-order valence-corrected chi connectivity index (χ2v) is 4.63. The summed E-state index contributed by atoms with van der Waals surface area (Å²) in [6.07, 6.45) is 0.114. The second-order valence-electron chi connectivity index (χ2n) is 4.63. The highest BCUT2D eigenvalue weighted by Gasteiger charge is 2.37. The average molecular weight is 277 g/mol. The zero-order valence-corrected chi connectivity index (χ0v) is 11.3. The first-order valence-electron chi connectivity index (χ1n) is 6.29. The number of rotatable bonds is 4. The molecule has 7 heteroatoms. The van der Waals surface area contributed by atoms with Gasteiger partial charge in [-0.15, -0.1) is 0 Å². The Morgan fingerprint density at radius 2 is 2.15 bits per heavy atom. The Morgan fingerprint density at radius 3 is 2.65 bits per heavy atom. The number of anilines is 1. The zero-order valence-electron chi connectivity index (χ0n) is 11.3. The first kappa shape index (κ1) is 14.0. The average Bonchev–Trinajstić information content (AvgIpc) is 2.66. The Morgan fingerprint density at radius 1 is 1.45 bits per heavy atom. The molecule has 0 radical (unpaired) electrons. The van der Waals surface area contributed by atoms with Crippen molar-refractivity contribution in [1.29, 1.82) is 0 Å². The van der Waals surface area contributed by atoms with Crippen molar-refractivity contribution in [2.24, 2.45) is 0 Å². The maximum Gasteiger partial charge on any atom is 0.269 e. The summed E-state index contributed by atoms with van der Waals surface area (Å²) >= 11 is 0. The van der Waals surface area contributed by atoms with E-state index in [4.69, 9.17) is 0 Å². The van der Waals surface area contributed by atoms with Gasteiger partial charge in [0.15, 0.2) is 0 Å². The van der Waals surface area contributed by atoms with E-state index in [1.165, 1.54) is 17.0 Å². The van der Waals surface area contributed by atoms with Crippen molar-refractivity contribution in [3.05, 3.63) is 33.9 Å². The third kappa shape index (κ3) is 2.47. The van der Waals surface area contributed by atoms with Crippen LogP contribution < -0.4 is 5.32 Å². The first-order chi connectivity index (χ1) is 9.43. The van der Waals surface area contributed by atoms with Gasteiger partial charge in [-0.05, 0) is 25.5 Å². The molecular formula is C13H15N3O4. The van der Waals surface area contributed by atoms with Gasteiger partial charge in [0.05, 0.1) is 11.3 Å². The SMILES string of the molecule is CCN1C(=O)CC(Nc2ccc([N+](=O)[O-])cc2C)C1=O. The van der Waals surface area contributed by atoms with E-state index in [1.54, 1.807) is 19.9 Å². The van der Waals surface area contributed by atoms with E-state index in [1.807, 2.05) is 0 Å². The Hall–Kier alpha value is -2.44. The van der Waals surface area contributed by atoms with Crippen LogP contribution in [0.5, 0.6) is 0 Å². The maximum atomic E-state index is 12.0. The van der Waals surface area contributed by atoms with E-state index in [-0.39, 0.29) is 23.9 Å². The summed E-state index contributed by atoms with van der Waals surface area (Å²) in [5.74, 6) is -0.454. The predicted molar refractivity (Wildman–Crippen MR) is 72.3 cm³/mol. The predicted octanol–water partition coefficient (Wildman–Crippen LogP) is 1.46. The molecule has 7 nitrogen and oxygen atoms in total. The van der Waals surface area contributed by atoms with Crippen LogP contribution in [-0.2, 0) is 9.59 Å². The standard InChI is InChI=1S/C13H15N3O4/c1-3-15-12(17)7-11(13(15)18)14-10-5-4-9(16(19)20)6-8(10)2/h4-6,11,14H,3,7H2,1-2H3. The number of benzene rings is 1. The molecule has 1 N–H and O–H groups in total. The molecule has 1 saturated heterocycles. The van der Waals surface area contributed by atoms with Crippen LogP contribution in [0.1, 0.15) is 18.9 Å². The van der Waals surface area contributed by atoms with Gasteiger partial charge < -0.3 is 5.32 Å². The van der Waals surface area contributed by atoms with Crippen molar-refractivity contribution < 1.29 is 14.5 Å². The van der Waals surface area contributed by atoms with Crippen molar-refractivity contribution in [3.8, 4) is 0 Å². The number of amides is 2. The number of likely N-dealkylation sites (N-methyl/N-ethyl adjacent to an activating group) is 1. The highest BCUT2D eigenvalue weighted by atomic mass is 16.6. The molecule has 1 aliphatic rings. The van der Waals surface area contributed by atoms with E-state index >= 15 is 0 Å². The molecular weight excluding hydrogens is 262 g/mol. The fourth-order valence-electron chi connectivity index (χ4n) is 2.24. The smallest absolute Gasteiger partial charge is 0.269 e. The monoisotopic (exact) mass is 277 g/mol. The number of nitro benzene ring substituents is 1. The summed E-state index contributed by atoms with van der Waals surface area (Å²) in [6.45, 7) is 3.82. The molecule has 0 saturated carbocycles. The summed E-state index contributed by atoms with van der Waals surface area (Å²) in [5.41, 5.74) is 1.28. The molecule has 1 aliphatic heterocycles. The number of nitrogens with zero attached hydrogens (tertiary/aromatic N) is 2. The topological polar surface area (TPSA) is 92.6 Å². The van der Waals surface area contributed by atoms with E-state index in [2.05, 4.69) is 5.32 Å². The minimum atomic E-state index is -0.595. The number of likely N-dealkylation sites (tertiary alicyclic amines) is 1. The Balaban J connectivity index is 2.17. The summed E-state index contributed by atoms with van der Waals surface area (Å²) < 4.78 is 0. The van der Waals surface area contributed by atoms with Gasteiger partial charge in [-0.3, -0.25) is 24.6 Å². The van der Waals surface area contributed by atoms with E-state index in [9.17, 15) is 19.7 Å². The van der Waals surface area contributed by atoms with Crippen LogP contribution in [0, 0.1) is 17.0 Å². The third-order valence-electron chi connectivity index (χ3n) is 3.31. The lowest BCUT2D eigenvalue weighted by molar-refractivity contribution is -0.384. The molecule has 1 fully saturated rings. The molecule has 1 aromatic carbocycles. The molecule has 0 spiro atoms. The van der Waals surface area contributed by atoms with Gasteiger partial charge in [0.2, 0.25) is 5.91 Å². The maximum absolute atomic E-state index is 12.0. The number of hydrogen-bond donors (Lipinski definition) is 1. The number of carbonyl (C=O) groups is 2. The normalized spacial score (nSPS) is 18.5. The van der Waals surface area contributed by atoms with Gasteiger partial charge >= 0.3 is 0 Å². The van der Waals surface area contributed by atoms with Crippen LogP contribution in [0.15, 0.2) is 18.2 Å². The van der Waals surface area contributed by atoms with Crippen LogP contribution in [0.25, 0.3) is 0 Å². The molecule has 1 atom stereocenters. The quantitative estimate of drug-likeness (QED) is 0.511. The largest absolute Gasteiger partial charge is 0.373 e. The number of imide groups is 1. The van der Waals surface area contributed by atoms with Gasteiger partial charge in [-0.25, -0.2) is 0 Å². The minimum Gasteiger partial charge on any atom is -0.373 e. The van der Waals surface area contributed by atoms with Crippen molar-refractivity contribution in [3.63, 3.8) is 0 Å². The molecule has 1 aromatic rings. The summed E-state index contributed by atoms with van der Waals surface area (Å²) in [4.78, 5) is 35.0. The summed E-state index contributed by atoms with van der Waals surface area (Å²) in [5, 5.41) is 13.7. The second kappa shape index (κ2) is 5.28. The van der Waals surface area contributed by atoms with Gasteiger partial charge in [-0.1, -0.05) is 0 Å². The zero-order chi connectivity index (χ0) is 14.9. The van der Waals surface area contributed by atoms with E-state index in [0.717, 1.165) is 0 Å². The number of nitrogens with one attached hydrogen (secondary N) is 1. The molecule has 0 bridgehead atoms. The summed E-state index contributed by atoms with van der Waals surface area (Å²) in [7, 11) is 0. The fourth-order valence-corrected chi connectivity index (χ4v) is 2.24. The molecule has 2 rings (SSSR count). The van der Waals surface area contributed by atoms with Crippen LogP contribution in [0.3, 0.4) is 0 Å². The molecule has 1 heterocycles. The highest BCUT2D eigenvalue weighted by molar-refractivity contribution is 6.06. The minimum absolute atomic E-state index is 0.00272. The van der Waals surface area contributed by atoms with Crippen LogP contribution in [0.2, 0.25) is 0 Å². The van der Waals surface area contributed by atoms with Crippen molar-refractivity contribution >= 4 is 23.2 Å². The lowest BCUT2D eigenvalue weighted by Gasteiger charge is -2.15. The number of aryl methyl sites for hydroxylation is 1. The fraction of sp³-hybridized carbons (Fsp3) is 0.385. The number of non-ortho nitro benzene ring substituents is 1. The van der Waals surface area contributed by atoms with Gasteiger partial charge in [0.25, 0.3) is 11.6 Å². The van der Waals surface area contributed by atoms with Crippen LogP contribution in [-0.4, -0.2) is 34.2 Å². The molecule has 106 valence electrons. The Labute approximate surface area is 115 Å². The Kier molecular flexibility index (Phi) is 3.69. The van der Waals surface area contributed by atoms with Crippen molar-refractivity contribution in [1.82, 2.24) is 4.90 Å². The van der Waals surface area contributed by atoms with E-state index < -0.39 is 11.0 Å². The third-order valence-corrected chi connectivity index (χ3v) is 3.31. The first-order valence-corrected chi connectivity index (χ1v) is 6.29. The summed E-state index contributed by atoms with van der Waals surface area (Å²) in [6, 6.07) is 3.76. The lowest BCUT2D eigenvalue weighted by atomic mass is 10.1. The molecule has 0 aromatic heterocycles. The van der Waals surface area contributed by atoms with Crippen LogP contribution >= 0.6 is 0 Å².